The number of carboxylic acid groups (broad SMARTS) is 1. The second-order valence-electron chi connectivity index (χ2n) is 13.6. The zero-order valence-corrected chi connectivity index (χ0v) is 31.8. The van der Waals surface area contributed by atoms with Crippen molar-refractivity contribution < 1.29 is 19.4 Å². The Morgan fingerprint density at radius 3 is 2.49 bits per heavy atom. The van der Waals surface area contributed by atoms with Crippen LogP contribution >= 0.6 is 34.5 Å². The average Bonchev–Trinajstić information content (AvgIpc) is 3.78. The van der Waals surface area contributed by atoms with E-state index in [4.69, 9.17) is 37.9 Å². The number of aromatic nitrogens is 3. The lowest BCUT2D eigenvalue weighted by molar-refractivity contribution is -0.142. The first-order valence-corrected chi connectivity index (χ1v) is 19.4. The van der Waals surface area contributed by atoms with Crippen molar-refractivity contribution >= 4 is 68.1 Å². The highest BCUT2D eigenvalue weighted by molar-refractivity contribution is 7.18. The first-order chi connectivity index (χ1) is 25.7. The largest absolute Gasteiger partial charge is 0.481 e. The van der Waals surface area contributed by atoms with Gasteiger partial charge in [0.15, 0.2) is 5.82 Å². The van der Waals surface area contributed by atoms with Crippen molar-refractivity contribution in [3.8, 4) is 28.3 Å². The van der Waals surface area contributed by atoms with E-state index in [1.807, 2.05) is 55.5 Å². The molecule has 0 bridgehead atoms. The van der Waals surface area contributed by atoms with Crippen LogP contribution in [-0.2, 0) is 22.7 Å². The SMILES string of the molecule is COc1nc(-c2cccc(-c3cccc(Nc4nccc5sc(CNC6CCC(C(=O)O)CC6)nc45)c3Cl)c2Cl)cc(C)c1CNC[C@@H]1CCC(=O)N1. The summed E-state index contributed by atoms with van der Waals surface area (Å²) in [5.41, 5.74) is 6.31. The molecule has 11 nitrogen and oxygen atoms in total. The molecular weight excluding hydrogens is 733 g/mol. The van der Waals surface area contributed by atoms with Gasteiger partial charge in [0.05, 0.1) is 39.2 Å². The zero-order chi connectivity index (χ0) is 37.1. The second-order valence-corrected chi connectivity index (χ2v) is 15.5. The van der Waals surface area contributed by atoms with Gasteiger partial charge in [0.1, 0.15) is 10.5 Å². The van der Waals surface area contributed by atoms with Crippen LogP contribution in [0.15, 0.2) is 54.7 Å². The van der Waals surface area contributed by atoms with E-state index >= 15 is 0 Å². The number of amides is 1. The smallest absolute Gasteiger partial charge is 0.306 e. The first kappa shape index (κ1) is 37.0. The molecule has 5 aromatic rings. The first-order valence-electron chi connectivity index (χ1n) is 17.8. The van der Waals surface area contributed by atoms with Gasteiger partial charge in [0.2, 0.25) is 11.8 Å². The summed E-state index contributed by atoms with van der Waals surface area (Å²) in [5, 5.41) is 24.7. The van der Waals surface area contributed by atoms with Crippen molar-refractivity contribution in [1.29, 1.82) is 0 Å². The summed E-state index contributed by atoms with van der Waals surface area (Å²) < 4.78 is 6.73. The van der Waals surface area contributed by atoms with Gasteiger partial charge in [-0.15, -0.1) is 11.3 Å². The number of aryl methyl sites for hydroxylation is 1. The maximum Gasteiger partial charge on any atom is 0.306 e. The Kier molecular flexibility index (Phi) is 11.4. The van der Waals surface area contributed by atoms with Gasteiger partial charge in [-0.1, -0.05) is 53.5 Å². The number of fused-ring (bicyclic) bond motifs is 1. The molecule has 4 heterocycles. The number of hydrogen-bond donors (Lipinski definition) is 5. The highest BCUT2D eigenvalue weighted by atomic mass is 35.5. The van der Waals surface area contributed by atoms with Crippen LogP contribution in [-0.4, -0.2) is 57.7 Å². The molecule has 1 saturated carbocycles. The Balaban J connectivity index is 1.08. The predicted molar refractivity (Wildman–Crippen MR) is 210 cm³/mol. The van der Waals surface area contributed by atoms with E-state index in [1.54, 1.807) is 24.6 Å². The lowest BCUT2D eigenvalue weighted by Gasteiger charge is -2.26. The molecular formula is C39H41Cl2N7O4S. The lowest BCUT2D eigenvalue weighted by atomic mass is 9.86. The third-order valence-electron chi connectivity index (χ3n) is 10.1. The number of nitrogens with one attached hydrogen (secondary N) is 4. The zero-order valence-electron chi connectivity index (χ0n) is 29.5. The van der Waals surface area contributed by atoms with Crippen molar-refractivity contribution in [2.45, 2.75) is 70.6 Å². The Morgan fingerprint density at radius 2 is 1.75 bits per heavy atom. The van der Waals surface area contributed by atoms with E-state index in [0.717, 1.165) is 62.3 Å². The number of carbonyl (C=O) groups is 2. The van der Waals surface area contributed by atoms with E-state index in [-0.39, 0.29) is 23.9 Å². The van der Waals surface area contributed by atoms with Gasteiger partial charge in [0, 0.05) is 66.6 Å². The third-order valence-corrected chi connectivity index (χ3v) is 11.9. The van der Waals surface area contributed by atoms with E-state index in [1.165, 1.54) is 0 Å². The molecule has 2 aromatic carbocycles. The van der Waals surface area contributed by atoms with Crippen molar-refractivity contribution in [3.05, 3.63) is 80.9 Å². The van der Waals surface area contributed by atoms with Gasteiger partial charge in [0.25, 0.3) is 0 Å². The number of carboxylic acids is 1. The molecule has 53 heavy (non-hydrogen) atoms. The predicted octanol–water partition coefficient (Wildman–Crippen LogP) is 7.89. The van der Waals surface area contributed by atoms with Gasteiger partial charge in [-0.25, -0.2) is 15.0 Å². The Bertz CT molecular complexity index is 2150. The fourth-order valence-corrected chi connectivity index (χ4v) is 8.65. The number of anilines is 2. The quantitative estimate of drug-likeness (QED) is 0.0800. The van der Waals surface area contributed by atoms with Crippen LogP contribution in [0, 0.1) is 12.8 Å². The number of halogens is 2. The molecule has 5 N–H and O–H groups in total. The maximum atomic E-state index is 11.6. The molecule has 1 amide bonds. The highest BCUT2D eigenvalue weighted by Crippen LogP contribution is 2.43. The summed E-state index contributed by atoms with van der Waals surface area (Å²) in [6.45, 7) is 3.85. The molecule has 0 spiro atoms. The molecule has 0 radical (unpaired) electrons. The van der Waals surface area contributed by atoms with Gasteiger partial charge in [-0.3, -0.25) is 9.59 Å². The molecule has 276 valence electrons. The monoisotopic (exact) mass is 773 g/mol. The fourth-order valence-electron chi connectivity index (χ4n) is 7.14. The summed E-state index contributed by atoms with van der Waals surface area (Å²) in [7, 11) is 1.61. The van der Waals surface area contributed by atoms with Crippen molar-refractivity contribution in [1.82, 2.24) is 30.9 Å². The van der Waals surface area contributed by atoms with Crippen LogP contribution in [0.25, 0.3) is 32.6 Å². The van der Waals surface area contributed by atoms with E-state index in [2.05, 4.69) is 26.3 Å². The minimum absolute atomic E-state index is 0.0968. The number of pyridine rings is 2. The van der Waals surface area contributed by atoms with Gasteiger partial charge < -0.3 is 31.1 Å². The number of nitrogens with zero attached hydrogens (tertiary/aromatic N) is 3. The number of hydrogen-bond acceptors (Lipinski definition) is 10. The number of rotatable bonds is 13. The van der Waals surface area contributed by atoms with Crippen LogP contribution in [0.3, 0.4) is 0 Å². The average molecular weight is 775 g/mol. The Labute approximate surface area is 321 Å². The lowest BCUT2D eigenvalue weighted by Crippen LogP contribution is -2.35. The molecule has 2 aliphatic rings. The number of methoxy groups -OCH3 is 1. The number of ether oxygens (including phenoxy) is 1. The van der Waals surface area contributed by atoms with E-state index in [9.17, 15) is 14.7 Å². The number of benzene rings is 2. The van der Waals surface area contributed by atoms with Gasteiger partial charge >= 0.3 is 5.97 Å². The molecule has 1 aliphatic heterocycles. The molecule has 1 saturated heterocycles. The van der Waals surface area contributed by atoms with Crippen molar-refractivity contribution in [2.24, 2.45) is 5.92 Å². The Morgan fingerprint density at radius 1 is 1.00 bits per heavy atom. The molecule has 1 aliphatic carbocycles. The third kappa shape index (κ3) is 8.27. The molecule has 2 fully saturated rings. The van der Waals surface area contributed by atoms with Gasteiger partial charge in [-0.2, -0.15) is 0 Å². The summed E-state index contributed by atoms with van der Waals surface area (Å²) in [5.74, 6) is 0.272. The standard InChI is InChI=1S/C39H41Cl2N7O4S/c1-21-17-30(47-38(52-2)28(21)19-42-18-24-13-14-32(49)45-24)27-7-3-5-25(34(27)40)26-6-4-8-29(35(26)41)46-37-36-31(15-16-43-37)53-33(48-36)20-44-23-11-9-22(10-12-23)39(50)51/h3-8,15-17,22-24,42,44H,9-14,18-20H2,1-2H3,(H,43,46)(H,45,49)(H,50,51)/t22?,23?,24-/m0/s1. The maximum absolute atomic E-state index is 11.6. The van der Waals surface area contributed by atoms with Crippen LogP contribution in [0.1, 0.15) is 54.7 Å². The summed E-state index contributed by atoms with van der Waals surface area (Å²) in [6.07, 6.45) is 6.23. The van der Waals surface area contributed by atoms with E-state index < -0.39 is 5.97 Å². The summed E-state index contributed by atoms with van der Waals surface area (Å²) in [4.78, 5) is 37.3. The van der Waals surface area contributed by atoms with Crippen LogP contribution < -0.4 is 26.0 Å². The minimum Gasteiger partial charge on any atom is -0.481 e. The van der Waals surface area contributed by atoms with Crippen LogP contribution in [0.4, 0.5) is 11.5 Å². The fraction of sp³-hybridized carbons (Fsp3) is 0.359. The minimum atomic E-state index is -0.697. The molecule has 3 aromatic heterocycles. The molecule has 1 atom stereocenters. The summed E-state index contributed by atoms with van der Waals surface area (Å²) >= 11 is 15.9. The van der Waals surface area contributed by atoms with Crippen molar-refractivity contribution in [2.75, 3.05) is 19.0 Å². The van der Waals surface area contributed by atoms with Crippen LogP contribution in [0.5, 0.6) is 5.88 Å². The van der Waals surface area contributed by atoms with Gasteiger partial charge in [-0.05, 0) is 62.8 Å². The Hall–Kier alpha value is -4.33. The second kappa shape index (κ2) is 16.4. The molecule has 0 unspecified atom stereocenters. The van der Waals surface area contributed by atoms with E-state index in [0.29, 0.717) is 72.0 Å². The number of thiazole rings is 1. The van der Waals surface area contributed by atoms with Crippen LogP contribution in [0.2, 0.25) is 10.0 Å². The molecule has 14 heteroatoms. The highest BCUT2D eigenvalue weighted by Gasteiger charge is 2.26. The topological polar surface area (TPSA) is 150 Å². The van der Waals surface area contributed by atoms with Crippen molar-refractivity contribution in [3.63, 3.8) is 0 Å². The number of carbonyl (C=O) groups excluding carboxylic acids is 1. The number of aliphatic carboxylic acids is 1. The summed E-state index contributed by atoms with van der Waals surface area (Å²) in [6, 6.07) is 15.9. The normalized spacial score (nSPS) is 18.6. The molecule has 7 rings (SSSR count).